The molecule has 8 nitrogen and oxygen atoms in total. The first-order valence-corrected chi connectivity index (χ1v) is 12.1. The molecule has 2 aromatic rings. The molecule has 1 fully saturated rings. The van der Waals surface area contributed by atoms with E-state index in [1.165, 1.54) is 0 Å². The topological polar surface area (TPSA) is 95.5 Å². The summed E-state index contributed by atoms with van der Waals surface area (Å²) in [7, 11) is -3.39. The standard InChI is InChI=1S/C21H29N5O3S/c27-20(18-30(28,29)17-4-8-19-6-2-1-3-7-19)22-11-12-25-13-15-26(16-14-25)21-23-9-5-10-24-21/h1-3,5-7,9-10H,4,8,11-18H2,(H,22,27). The van der Waals surface area contributed by atoms with Gasteiger partial charge in [-0.1, -0.05) is 30.3 Å². The minimum Gasteiger partial charge on any atom is -0.354 e. The monoisotopic (exact) mass is 431 g/mol. The molecule has 2 heterocycles. The van der Waals surface area contributed by atoms with Crippen molar-refractivity contribution < 1.29 is 13.2 Å². The SMILES string of the molecule is O=C(CS(=O)(=O)CCCc1ccccc1)NCCN1CCN(c2ncccn2)CC1. The summed E-state index contributed by atoms with van der Waals surface area (Å²) in [6, 6.07) is 11.6. The Morgan fingerprint density at radius 2 is 1.70 bits per heavy atom. The van der Waals surface area contributed by atoms with Crippen LogP contribution in [-0.2, 0) is 21.1 Å². The molecule has 0 spiro atoms. The minimum absolute atomic E-state index is 0.0266. The smallest absolute Gasteiger partial charge is 0.235 e. The predicted molar refractivity (Wildman–Crippen MR) is 117 cm³/mol. The van der Waals surface area contributed by atoms with Gasteiger partial charge in [-0.3, -0.25) is 9.69 Å². The highest BCUT2D eigenvalue weighted by molar-refractivity contribution is 7.92. The largest absolute Gasteiger partial charge is 0.354 e. The number of piperazine rings is 1. The second-order valence-electron chi connectivity index (χ2n) is 7.41. The molecule has 0 atom stereocenters. The Bertz CT molecular complexity index is 885. The van der Waals surface area contributed by atoms with Crippen molar-refractivity contribution in [3.8, 4) is 0 Å². The zero-order valence-corrected chi connectivity index (χ0v) is 17.9. The van der Waals surface area contributed by atoms with Crippen molar-refractivity contribution in [1.82, 2.24) is 20.2 Å². The molecule has 0 unspecified atom stereocenters. The van der Waals surface area contributed by atoms with E-state index < -0.39 is 21.5 Å². The van der Waals surface area contributed by atoms with E-state index in [0.29, 0.717) is 25.9 Å². The molecule has 0 aliphatic carbocycles. The molecule has 30 heavy (non-hydrogen) atoms. The number of hydrogen-bond acceptors (Lipinski definition) is 7. The molecule has 1 aliphatic rings. The van der Waals surface area contributed by atoms with Gasteiger partial charge in [0.2, 0.25) is 11.9 Å². The number of anilines is 1. The van der Waals surface area contributed by atoms with Crippen LogP contribution in [-0.4, -0.2) is 80.0 Å². The Kier molecular flexibility index (Phi) is 8.15. The van der Waals surface area contributed by atoms with Crippen molar-refractivity contribution in [2.45, 2.75) is 12.8 Å². The van der Waals surface area contributed by atoms with E-state index in [1.54, 1.807) is 18.5 Å². The van der Waals surface area contributed by atoms with Crippen molar-refractivity contribution in [2.75, 3.05) is 55.7 Å². The number of hydrogen-bond donors (Lipinski definition) is 1. The van der Waals surface area contributed by atoms with Crippen LogP contribution in [0.5, 0.6) is 0 Å². The number of benzene rings is 1. The van der Waals surface area contributed by atoms with Crippen molar-refractivity contribution in [3.05, 3.63) is 54.4 Å². The number of amides is 1. The number of aryl methyl sites for hydroxylation is 1. The summed E-state index contributed by atoms with van der Waals surface area (Å²) in [5, 5.41) is 2.74. The Morgan fingerprint density at radius 3 is 2.40 bits per heavy atom. The van der Waals surface area contributed by atoms with Crippen LogP contribution < -0.4 is 10.2 Å². The maximum absolute atomic E-state index is 12.2. The Balaban J connectivity index is 1.30. The number of carbonyl (C=O) groups is 1. The van der Waals surface area contributed by atoms with E-state index in [-0.39, 0.29) is 5.75 Å². The first-order chi connectivity index (χ1) is 14.5. The summed E-state index contributed by atoms with van der Waals surface area (Å²) in [5.74, 6) is -0.103. The lowest BCUT2D eigenvalue weighted by molar-refractivity contribution is -0.118. The van der Waals surface area contributed by atoms with E-state index in [1.807, 2.05) is 30.3 Å². The fourth-order valence-electron chi connectivity index (χ4n) is 3.44. The van der Waals surface area contributed by atoms with Crippen molar-refractivity contribution in [3.63, 3.8) is 0 Å². The first kappa shape index (κ1) is 22.2. The Labute approximate surface area is 178 Å². The molecular weight excluding hydrogens is 402 g/mol. The molecule has 1 aromatic carbocycles. The van der Waals surface area contributed by atoms with Crippen LogP contribution in [0.2, 0.25) is 0 Å². The van der Waals surface area contributed by atoms with Crippen LogP contribution in [0.1, 0.15) is 12.0 Å². The molecule has 1 aromatic heterocycles. The van der Waals surface area contributed by atoms with Gasteiger partial charge in [0.15, 0.2) is 9.84 Å². The third kappa shape index (κ3) is 7.38. The summed E-state index contributed by atoms with van der Waals surface area (Å²) in [6.07, 6.45) is 4.69. The molecule has 0 bridgehead atoms. The number of aromatic nitrogens is 2. The number of sulfone groups is 1. The Hall–Kier alpha value is -2.52. The number of rotatable bonds is 10. The van der Waals surface area contributed by atoms with Crippen molar-refractivity contribution in [1.29, 1.82) is 0 Å². The summed E-state index contributed by atoms with van der Waals surface area (Å²) >= 11 is 0. The summed E-state index contributed by atoms with van der Waals surface area (Å²) in [5.41, 5.74) is 1.11. The highest BCUT2D eigenvalue weighted by Gasteiger charge is 2.19. The lowest BCUT2D eigenvalue weighted by Crippen LogP contribution is -2.49. The fourth-order valence-corrected chi connectivity index (χ4v) is 4.67. The molecule has 3 rings (SSSR count). The minimum atomic E-state index is -3.39. The van der Waals surface area contributed by atoms with E-state index in [4.69, 9.17) is 0 Å². The molecule has 162 valence electrons. The predicted octanol–water partition coefficient (Wildman–Crippen LogP) is 0.762. The maximum atomic E-state index is 12.2. The van der Waals surface area contributed by atoms with E-state index in [0.717, 1.165) is 37.7 Å². The van der Waals surface area contributed by atoms with Gasteiger partial charge >= 0.3 is 0 Å². The second-order valence-corrected chi connectivity index (χ2v) is 9.59. The van der Waals surface area contributed by atoms with Crippen LogP contribution in [0.25, 0.3) is 0 Å². The zero-order valence-electron chi connectivity index (χ0n) is 17.1. The van der Waals surface area contributed by atoms with Gasteiger partial charge in [0.05, 0.1) is 5.75 Å². The highest BCUT2D eigenvalue weighted by Crippen LogP contribution is 2.09. The molecule has 1 aliphatic heterocycles. The maximum Gasteiger partial charge on any atom is 0.235 e. The van der Waals surface area contributed by atoms with Crippen LogP contribution in [0.4, 0.5) is 5.95 Å². The van der Waals surface area contributed by atoms with Gasteiger partial charge < -0.3 is 10.2 Å². The van der Waals surface area contributed by atoms with Crippen LogP contribution in [0.3, 0.4) is 0 Å². The second kappa shape index (κ2) is 11.0. The lowest BCUT2D eigenvalue weighted by atomic mass is 10.1. The highest BCUT2D eigenvalue weighted by atomic mass is 32.2. The molecule has 1 saturated heterocycles. The Morgan fingerprint density at radius 1 is 1.00 bits per heavy atom. The van der Waals surface area contributed by atoms with Gasteiger partial charge in [0.25, 0.3) is 0 Å². The molecular formula is C21H29N5O3S. The molecule has 9 heteroatoms. The molecule has 1 N–H and O–H groups in total. The molecule has 0 saturated carbocycles. The third-order valence-corrected chi connectivity index (χ3v) is 6.68. The van der Waals surface area contributed by atoms with Gasteiger partial charge in [0, 0.05) is 51.7 Å². The summed E-state index contributed by atoms with van der Waals surface area (Å²) in [4.78, 5) is 25.0. The normalized spacial score (nSPS) is 15.1. The molecule has 0 radical (unpaired) electrons. The van der Waals surface area contributed by atoms with Gasteiger partial charge in [-0.05, 0) is 24.5 Å². The fraction of sp³-hybridized carbons (Fsp3) is 0.476. The summed E-state index contributed by atoms with van der Waals surface area (Å²) in [6.45, 7) is 4.50. The van der Waals surface area contributed by atoms with E-state index >= 15 is 0 Å². The van der Waals surface area contributed by atoms with Crippen molar-refractivity contribution in [2.24, 2.45) is 0 Å². The third-order valence-electron chi connectivity index (χ3n) is 5.07. The zero-order chi connectivity index (χ0) is 21.2. The van der Waals surface area contributed by atoms with Crippen LogP contribution >= 0.6 is 0 Å². The lowest BCUT2D eigenvalue weighted by Gasteiger charge is -2.34. The van der Waals surface area contributed by atoms with Crippen LogP contribution in [0.15, 0.2) is 48.8 Å². The van der Waals surface area contributed by atoms with E-state index in [9.17, 15) is 13.2 Å². The van der Waals surface area contributed by atoms with Crippen molar-refractivity contribution >= 4 is 21.7 Å². The average Bonchev–Trinajstić information content (AvgIpc) is 2.75. The van der Waals surface area contributed by atoms with Gasteiger partial charge in [-0.25, -0.2) is 18.4 Å². The first-order valence-electron chi connectivity index (χ1n) is 10.3. The van der Waals surface area contributed by atoms with Crippen LogP contribution in [0, 0.1) is 0 Å². The van der Waals surface area contributed by atoms with E-state index in [2.05, 4.69) is 25.1 Å². The molecule has 1 amide bonds. The quantitative estimate of drug-likeness (QED) is 0.593. The number of carbonyl (C=O) groups excluding carboxylic acids is 1. The number of nitrogens with one attached hydrogen (secondary N) is 1. The average molecular weight is 432 g/mol. The van der Waals surface area contributed by atoms with Gasteiger partial charge in [0.1, 0.15) is 5.75 Å². The number of nitrogens with zero attached hydrogens (tertiary/aromatic N) is 4. The van der Waals surface area contributed by atoms with Gasteiger partial charge in [-0.2, -0.15) is 0 Å². The summed E-state index contributed by atoms with van der Waals surface area (Å²) < 4.78 is 24.4. The van der Waals surface area contributed by atoms with Gasteiger partial charge in [-0.15, -0.1) is 0 Å².